The van der Waals surface area contributed by atoms with Gasteiger partial charge in [-0.2, -0.15) is 4.79 Å². The maximum atomic E-state index is 11.8. The first-order valence-electron chi connectivity index (χ1n) is 7.88. The normalized spacial score (nSPS) is 12.6. The molecule has 0 unspecified atom stereocenters. The molecule has 0 aromatic heterocycles. The second-order valence-electron chi connectivity index (χ2n) is 6.34. The summed E-state index contributed by atoms with van der Waals surface area (Å²) >= 11 is 0. The molecule has 6 heteroatoms. The van der Waals surface area contributed by atoms with Crippen LogP contribution in [0.25, 0.3) is 5.53 Å². The van der Waals surface area contributed by atoms with Gasteiger partial charge in [-0.15, -0.1) is 0 Å². The van der Waals surface area contributed by atoms with E-state index in [0.29, 0.717) is 28.8 Å². The van der Waals surface area contributed by atoms with Crippen molar-refractivity contribution >= 4 is 20.0 Å². The van der Waals surface area contributed by atoms with Crippen LogP contribution in [0.4, 0.5) is 0 Å². The van der Waals surface area contributed by atoms with Crippen LogP contribution in [0.3, 0.4) is 0 Å². The van der Waals surface area contributed by atoms with Gasteiger partial charge in [0.25, 0.3) is 8.32 Å². The number of methoxy groups -OCH3 is 1. The molecule has 0 bridgehead atoms. The van der Waals surface area contributed by atoms with Gasteiger partial charge in [0.15, 0.2) is 5.76 Å². The number of rotatable bonds is 8. The van der Waals surface area contributed by atoms with Gasteiger partial charge in [0, 0.05) is 0 Å². The van der Waals surface area contributed by atoms with Gasteiger partial charge in [0.2, 0.25) is 0 Å². The summed E-state index contributed by atoms with van der Waals surface area (Å²) < 4.78 is 11.1. The first-order valence-corrected chi connectivity index (χ1v) is 10.0. The molecule has 0 aliphatic carbocycles. The second-order valence-corrected chi connectivity index (χ2v) is 11.7. The van der Waals surface area contributed by atoms with Crippen molar-refractivity contribution in [3.8, 4) is 0 Å². The molecule has 0 rings (SSSR count). The Bertz CT molecular complexity index is 442. The van der Waals surface area contributed by atoms with E-state index in [0.717, 1.165) is 0 Å². The number of hydrogen-bond donors (Lipinski definition) is 0. The van der Waals surface area contributed by atoms with Crippen LogP contribution in [0.2, 0.25) is 16.6 Å². The van der Waals surface area contributed by atoms with Gasteiger partial charge in [0.1, 0.15) is 0 Å². The van der Waals surface area contributed by atoms with Gasteiger partial charge in [-0.05, 0) is 29.1 Å². The zero-order valence-corrected chi connectivity index (χ0v) is 16.1. The minimum atomic E-state index is -2.23. The Labute approximate surface area is 135 Å². The molecular weight excluding hydrogens is 296 g/mol. The summed E-state index contributed by atoms with van der Waals surface area (Å²) in [5.41, 5.74) is 10.1. The van der Waals surface area contributed by atoms with Crippen molar-refractivity contribution in [1.29, 1.82) is 0 Å². The number of esters is 1. The zero-order chi connectivity index (χ0) is 17.5. The van der Waals surface area contributed by atoms with Gasteiger partial charge >= 0.3 is 11.7 Å². The lowest BCUT2D eigenvalue weighted by Gasteiger charge is -2.42. The molecule has 0 aliphatic rings. The first-order chi connectivity index (χ1) is 10.2. The lowest BCUT2D eigenvalue weighted by atomic mass is 10.2. The Balaban J connectivity index is 5.96. The lowest BCUT2D eigenvalue weighted by molar-refractivity contribution is -0.137. The Morgan fingerprint density at radius 1 is 1.14 bits per heavy atom. The lowest BCUT2D eigenvalue weighted by Crippen LogP contribution is -2.48. The SMILES string of the molecule is CC/C=C(\O[Si](C(C)C)(C(C)C)C(C)C)C(=[N+]=[N-])C(=O)OC. The summed E-state index contributed by atoms with van der Waals surface area (Å²) in [5, 5.41) is 0. The van der Waals surface area contributed by atoms with Crippen LogP contribution in [-0.2, 0) is 14.0 Å². The molecule has 126 valence electrons. The van der Waals surface area contributed by atoms with E-state index in [1.54, 1.807) is 6.08 Å². The molecule has 0 amide bonds. The molecule has 5 nitrogen and oxygen atoms in total. The maximum absolute atomic E-state index is 11.8. The third kappa shape index (κ3) is 4.30. The molecular formula is C16H30N2O3Si. The van der Waals surface area contributed by atoms with Gasteiger partial charge < -0.3 is 14.7 Å². The van der Waals surface area contributed by atoms with Crippen molar-refractivity contribution in [2.24, 2.45) is 0 Å². The fraction of sp³-hybridized carbons (Fsp3) is 0.750. The van der Waals surface area contributed by atoms with Crippen LogP contribution >= 0.6 is 0 Å². The molecule has 0 aromatic carbocycles. The number of carbonyl (C=O) groups excluding carboxylic acids is 1. The van der Waals surface area contributed by atoms with Crippen LogP contribution in [0.5, 0.6) is 0 Å². The minimum Gasteiger partial charge on any atom is -0.537 e. The molecule has 0 atom stereocenters. The van der Waals surface area contributed by atoms with E-state index >= 15 is 0 Å². The fourth-order valence-corrected chi connectivity index (χ4v) is 8.47. The van der Waals surface area contributed by atoms with Gasteiger partial charge in [-0.1, -0.05) is 48.5 Å². The van der Waals surface area contributed by atoms with Crippen molar-refractivity contribution in [3.05, 3.63) is 17.4 Å². The Morgan fingerprint density at radius 2 is 1.59 bits per heavy atom. The van der Waals surface area contributed by atoms with E-state index in [9.17, 15) is 10.3 Å². The molecule has 0 heterocycles. The van der Waals surface area contributed by atoms with Crippen LogP contribution in [0.15, 0.2) is 11.8 Å². The predicted octanol–water partition coefficient (Wildman–Crippen LogP) is 4.32. The van der Waals surface area contributed by atoms with Crippen LogP contribution in [0.1, 0.15) is 54.9 Å². The van der Waals surface area contributed by atoms with E-state index in [1.807, 2.05) is 6.92 Å². The summed E-state index contributed by atoms with van der Waals surface area (Å²) in [6, 6.07) is 0. The van der Waals surface area contributed by atoms with Crippen molar-refractivity contribution in [2.75, 3.05) is 7.11 Å². The smallest absolute Gasteiger partial charge is 0.438 e. The van der Waals surface area contributed by atoms with Gasteiger partial charge in [-0.3, -0.25) is 0 Å². The summed E-state index contributed by atoms with van der Waals surface area (Å²) in [4.78, 5) is 14.9. The fourth-order valence-electron chi connectivity index (χ4n) is 3.20. The van der Waals surface area contributed by atoms with Crippen molar-refractivity contribution in [1.82, 2.24) is 0 Å². The third-order valence-corrected chi connectivity index (χ3v) is 10.1. The molecule has 0 spiro atoms. The van der Waals surface area contributed by atoms with E-state index in [4.69, 9.17) is 9.16 Å². The molecule has 0 saturated heterocycles. The predicted molar refractivity (Wildman–Crippen MR) is 91.1 cm³/mol. The summed E-state index contributed by atoms with van der Waals surface area (Å²) in [5.74, 6) is -0.360. The number of allylic oxidation sites excluding steroid dienone is 1. The standard InChI is InChI=1S/C16H30N2O3Si/c1-9-10-14(15(18-17)16(19)20-8)21-22(11(2)3,12(4)5)13(6)7/h10-13H,9H2,1-8H3/b14-10-. The Hall–Kier alpha value is -1.39. The summed E-state index contributed by atoms with van der Waals surface area (Å²) in [7, 11) is -0.975. The minimum absolute atomic E-state index is 0.164. The molecule has 0 N–H and O–H groups in total. The van der Waals surface area contributed by atoms with Crippen molar-refractivity contribution in [3.63, 3.8) is 0 Å². The maximum Gasteiger partial charge on any atom is 0.438 e. The number of hydrogen-bond acceptors (Lipinski definition) is 3. The summed E-state index contributed by atoms with van der Waals surface area (Å²) in [6.07, 6.45) is 2.45. The van der Waals surface area contributed by atoms with Crippen LogP contribution < -0.4 is 0 Å². The van der Waals surface area contributed by atoms with E-state index in [2.05, 4.69) is 46.3 Å². The highest BCUT2D eigenvalue weighted by atomic mass is 28.4. The Morgan fingerprint density at radius 3 is 1.86 bits per heavy atom. The van der Waals surface area contributed by atoms with E-state index < -0.39 is 14.3 Å². The molecule has 0 saturated carbocycles. The van der Waals surface area contributed by atoms with E-state index in [1.165, 1.54) is 7.11 Å². The number of carbonyl (C=O) groups is 1. The zero-order valence-electron chi connectivity index (χ0n) is 15.1. The quantitative estimate of drug-likeness (QED) is 0.166. The van der Waals surface area contributed by atoms with Crippen LogP contribution in [0, 0.1) is 0 Å². The highest BCUT2D eigenvalue weighted by molar-refractivity contribution is 6.78. The molecule has 0 fully saturated rings. The van der Waals surface area contributed by atoms with Gasteiger partial charge in [-0.25, -0.2) is 4.79 Å². The summed E-state index contributed by atoms with van der Waals surface area (Å²) in [6.45, 7) is 14.9. The molecule has 0 aromatic rings. The Kier molecular flexibility index (Phi) is 8.34. The highest BCUT2D eigenvalue weighted by Gasteiger charge is 2.49. The van der Waals surface area contributed by atoms with E-state index in [-0.39, 0.29) is 5.71 Å². The van der Waals surface area contributed by atoms with Gasteiger partial charge in [0.05, 0.1) is 7.11 Å². The number of ether oxygens (including phenoxy) is 1. The molecule has 0 aliphatic heterocycles. The first kappa shape index (κ1) is 20.6. The third-order valence-electron chi connectivity index (χ3n) is 4.10. The molecule has 22 heavy (non-hydrogen) atoms. The molecule has 0 radical (unpaired) electrons. The average molecular weight is 327 g/mol. The van der Waals surface area contributed by atoms with Crippen molar-refractivity contribution < 1.29 is 18.7 Å². The average Bonchev–Trinajstić information content (AvgIpc) is 2.43. The second kappa shape index (κ2) is 8.91. The van der Waals surface area contributed by atoms with Crippen LogP contribution in [-0.4, -0.2) is 31.9 Å². The monoisotopic (exact) mass is 326 g/mol. The largest absolute Gasteiger partial charge is 0.537 e. The highest BCUT2D eigenvalue weighted by Crippen LogP contribution is 2.43. The number of nitrogens with zero attached hydrogens (tertiary/aromatic N) is 2. The van der Waals surface area contributed by atoms with Crippen molar-refractivity contribution in [2.45, 2.75) is 71.5 Å². The topological polar surface area (TPSA) is 71.9 Å².